The molecule has 0 rings (SSSR count). The van der Waals surface area contributed by atoms with Crippen molar-refractivity contribution in [2.24, 2.45) is 0 Å². The first-order chi connectivity index (χ1) is 6.76. The molecule has 1 N–H and O–H groups in total. The topological polar surface area (TPSA) is 15.3 Å². The zero-order valence-corrected chi connectivity index (χ0v) is 9.21. The second-order valence-electron chi connectivity index (χ2n) is 3.33. The summed E-state index contributed by atoms with van der Waals surface area (Å²) in [5.74, 6) is 0. The van der Waals surface area contributed by atoms with Crippen molar-refractivity contribution in [2.45, 2.75) is 13.0 Å². The van der Waals surface area contributed by atoms with Gasteiger partial charge in [-0.1, -0.05) is 18.2 Å². The van der Waals surface area contributed by atoms with Crippen LogP contribution in [0.3, 0.4) is 0 Å². The summed E-state index contributed by atoms with van der Waals surface area (Å²) in [5.41, 5.74) is 0. The molecule has 14 heavy (non-hydrogen) atoms. The van der Waals surface area contributed by atoms with Gasteiger partial charge in [0.25, 0.3) is 0 Å². The van der Waals surface area contributed by atoms with Crippen LogP contribution in [0.4, 0.5) is 0 Å². The van der Waals surface area contributed by atoms with Gasteiger partial charge in [-0.05, 0) is 6.92 Å². The Morgan fingerprint density at radius 3 is 2.14 bits per heavy atom. The minimum Gasteiger partial charge on any atom is -0.312 e. The van der Waals surface area contributed by atoms with Gasteiger partial charge in [0, 0.05) is 32.2 Å². The van der Waals surface area contributed by atoms with Gasteiger partial charge < -0.3 is 5.32 Å². The predicted octanol–water partition coefficient (Wildman–Crippen LogP) is 1.82. The molecule has 0 fully saturated rings. The standard InChI is InChI=1S/C12H22N2/c1-5-8-13-11-12(4)14(9-6-2)10-7-3/h5-7,12-13H,1-3,8-11H2,4H3. The lowest BCUT2D eigenvalue weighted by atomic mass is 10.2. The van der Waals surface area contributed by atoms with Gasteiger partial charge in [-0.25, -0.2) is 0 Å². The van der Waals surface area contributed by atoms with Gasteiger partial charge >= 0.3 is 0 Å². The van der Waals surface area contributed by atoms with Gasteiger partial charge in [0.2, 0.25) is 0 Å². The minimum absolute atomic E-state index is 0.492. The van der Waals surface area contributed by atoms with Gasteiger partial charge in [0.1, 0.15) is 0 Å². The molecule has 0 aromatic carbocycles. The molecule has 1 unspecified atom stereocenters. The van der Waals surface area contributed by atoms with Crippen molar-refractivity contribution in [1.29, 1.82) is 0 Å². The maximum Gasteiger partial charge on any atom is 0.0199 e. The smallest absolute Gasteiger partial charge is 0.0199 e. The largest absolute Gasteiger partial charge is 0.312 e. The van der Waals surface area contributed by atoms with Crippen molar-refractivity contribution in [3.8, 4) is 0 Å². The van der Waals surface area contributed by atoms with Crippen LogP contribution in [0.15, 0.2) is 38.0 Å². The van der Waals surface area contributed by atoms with Crippen LogP contribution < -0.4 is 5.32 Å². The van der Waals surface area contributed by atoms with E-state index in [1.54, 1.807) is 0 Å². The Labute approximate surface area is 88.0 Å². The molecule has 0 amide bonds. The number of rotatable bonds is 9. The zero-order chi connectivity index (χ0) is 10.8. The second-order valence-corrected chi connectivity index (χ2v) is 3.33. The van der Waals surface area contributed by atoms with E-state index >= 15 is 0 Å². The quantitative estimate of drug-likeness (QED) is 0.445. The highest BCUT2D eigenvalue weighted by Gasteiger charge is 2.09. The summed E-state index contributed by atoms with van der Waals surface area (Å²) in [5, 5.41) is 3.30. The Morgan fingerprint density at radius 2 is 1.71 bits per heavy atom. The van der Waals surface area contributed by atoms with Crippen molar-refractivity contribution >= 4 is 0 Å². The first kappa shape index (κ1) is 13.1. The van der Waals surface area contributed by atoms with E-state index in [0.29, 0.717) is 6.04 Å². The molecule has 0 aliphatic carbocycles. The highest BCUT2D eigenvalue weighted by atomic mass is 15.2. The maximum atomic E-state index is 3.75. The van der Waals surface area contributed by atoms with Crippen LogP contribution in [0.2, 0.25) is 0 Å². The van der Waals surface area contributed by atoms with Crippen LogP contribution in [-0.2, 0) is 0 Å². The van der Waals surface area contributed by atoms with E-state index in [2.05, 4.69) is 36.9 Å². The summed E-state index contributed by atoms with van der Waals surface area (Å²) in [7, 11) is 0. The Hall–Kier alpha value is -0.860. The Morgan fingerprint density at radius 1 is 1.14 bits per heavy atom. The van der Waals surface area contributed by atoms with E-state index in [-0.39, 0.29) is 0 Å². The highest BCUT2D eigenvalue weighted by molar-refractivity contribution is 4.84. The average Bonchev–Trinajstić information content (AvgIpc) is 2.18. The SMILES string of the molecule is C=CCNCC(C)N(CC=C)CC=C. The number of hydrogen-bond acceptors (Lipinski definition) is 2. The molecular formula is C12H22N2. The normalized spacial score (nSPS) is 12.4. The van der Waals surface area contributed by atoms with E-state index in [1.807, 2.05) is 18.2 Å². The van der Waals surface area contributed by atoms with Crippen LogP contribution in [0, 0.1) is 0 Å². The van der Waals surface area contributed by atoms with Gasteiger partial charge in [-0.15, -0.1) is 19.7 Å². The van der Waals surface area contributed by atoms with Crippen LogP contribution in [0.5, 0.6) is 0 Å². The number of nitrogens with zero attached hydrogens (tertiary/aromatic N) is 1. The Kier molecular flexibility index (Phi) is 8.19. The van der Waals surface area contributed by atoms with Crippen LogP contribution in [0.25, 0.3) is 0 Å². The third kappa shape index (κ3) is 5.73. The molecule has 0 spiro atoms. The minimum atomic E-state index is 0.492. The highest BCUT2D eigenvalue weighted by Crippen LogP contribution is 1.97. The summed E-state index contributed by atoms with van der Waals surface area (Å²) in [4.78, 5) is 2.32. The van der Waals surface area contributed by atoms with Gasteiger partial charge in [0.15, 0.2) is 0 Å². The molecular weight excluding hydrogens is 172 g/mol. The Balaban J connectivity index is 3.85. The lowest BCUT2D eigenvalue weighted by molar-refractivity contribution is 0.251. The van der Waals surface area contributed by atoms with Crippen molar-refractivity contribution < 1.29 is 0 Å². The summed E-state index contributed by atoms with van der Waals surface area (Å²) in [6, 6.07) is 0.492. The van der Waals surface area contributed by atoms with Crippen LogP contribution >= 0.6 is 0 Å². The van der Waals surface area contributed by atoms with E-state index < -0.39 is 0 Å². The van der Waals surface area contributed by atoms with E-state index in [9.17, 15) is 0 Å². The molecule has 0 heterocycles. The fourth-order valence-electron chi connectivity index (χ4n) is 1.29. The molecule has 0 aromatic rings. The summed E-state index contributed by atoms with van der Waals surface area (Å²) >= 11 is 0. The van der Waals surface area contributed by atoms with Crippen molar-refractivity contribution in [1.82, 2.24) is 10.2 Å². The van der Waals surface area contributed by atoms with Crippen molar-refractivity contribution in [3.63, 3.8) is 0 Å². The van der Waals surface area contributed by atoms with Gasteiger partial charge in [-0.3, -0.25) is 4.90 Å². The molecule has 0 radical (unpaired) electrons. The molecule has 1 atom stereocenters. The molecule has 0 bridgehead atoms. The lowest BCUT2D eigenvalue weighted by Gasteiger charge is -2.26. The monoisotopic (exact) mass is 194 g/mol. The molecule has 2 nitrogen and oxygen atoms in total. The second kappa shape index (κ2) is 8.73. The number of nitrogens with one attached hydrogen (secondary N) is 1. The zero-order valence-electron chi connectivity index (χ0n) is 9.21. The third-order valence-corrected chi connectivity index (χ3v) is 2.08. The first-order valence-electron chi connectivity index (χ1n) is 5.03. The van der Waals surface area contributed by atoms with Gasteiger partial charge in [0.05, 0.1) is 0 Å². The molecule has 0 aromatic heterocycles. The van der Waals surface area contributed by atoms with E-state index in [4.69, 9.17) is 0 Å². The summed E-state index contributed by atoms with van der Waals surface area (Å²) in [6.45, 7) is 17.0. The van der Waals surface area contributed by atoms with E-state index in [1.165, 1.54) is 0 Å². The van der Waals surface area contributed by atoms with E-state index in [0.717, 1.165) is 26.2 Å². The molecule has 0 saturated heterocycles. The van der Waals surface area contributed by atoms with Gasteiger partial charge in [-0.2, -0.15) is 0 Å². The predicted molar refractivity (Wildman–Crippen MR) is 64.5 cm³/mol. The van der Waals surface area contributed by atoms with Crippen molar-refractivity contribution in [3.05, 3.63) is 38.0 Å². The molecule has 0 aliphatic heterocycles. The van der Waals surface area contributed by atoms with Crippen LogP contribution in [0.1, 0.15) is 6.92 Å². The third-order valence-electron chi connectivity index (χ3n) is 2.08. The maximum absolute atomic E-state index is 3.75. The fourth-order valence-corrected chi connectivity index (χ4v) is 1.29. The average molecular weight is 194 g/mol. The number of hydrogen-bond donors (Lipinski definition) is 1. The van der Waals surface area contributed by atoms with Crippen molar-refractivity contribution in [2.75, 3.05) is 26.2 Å². The molecule has 0 saturated carbocycles. The van der Waals surface area contributed by atoms with Crippen LogP contribution in [-0.4, -0.2) is 37.1 Å². The summed E-state index contributed by atoms with van der Waals surface area (Å²) < 4.78 is 0. The molecule has 2 heteroatoms. The summed E-state index contributed by atoms with van der Waals surface area (Å²) in [6.07, 6.45) is 5.72. The fraction of sp³-hybridized carbons (Fsp3) is 0.500. The molecule has 80 valence electrons. The molecule has 0 aliphatic rings. The first-order valence-corrected chi connectivity index (χ1v) is 5.03. The lowest BCUT2D eigenvalue weighted by Crippen LogP contribution is -2.40. The Bertz CT molecular complexity index is 165.